The fourth-order valence-corrected chi connectivity index (χ4v) is 2.60. The van der Waals surface area contributed by atoms with Crippen LogP contribution in [0.25, 0.3) is 0 Å². The summed E-state index contributed by atoms with van der Waals surface area (Å²) >= 11 is 8.98. The first-order valence-electron chi connectivity index (χ1n) is 6.25. The molecule has 0 spiro atoms. The van der Waals surface area contributed by atoms with Crippen LogP contribution in [0.5, 0.6) is 0 Å². The van der Waals surface area contributed by atoms with E-state index >= 15 is 0 Å². The van der Waals surface area contributed by atoms with Crippen LogP contribution in [0.3, 0.4) is 0 Å². The Morgan fingerprint density at radius 3 is 2.48 bits per heavy atom. The number of carbonyl (C=O) groups excluding carboxylic acids is 1. The second-order valence-corrected chi connectivity index (χ2v) is 6.61. The van der Waals surface area contributed by atoms with Gasteiger partial charge in [-0.05, 0) is 40.9 Å². The molecule has 1 aromatic rings. The molecular formula is C14H16BrClFNO3. The zero-order valence-electron chi connectivity index (χ0n) is 11.8. The summed E-state index contributed by atoms with van der Waals surface area (Å²) in [6, 6.07) is 2.24. The third-order valence-corrected chi connectivity index (χ3v) is 4.49. The Labute approximate surface area is 135 Å². The van der Waals surface area contributed by atoms with Gasteiger partial charge in [-0.25, -0.2) is 4.39 Å². The van der Waals surface area contributed by atoms with Crippen LogP contribution < -0.4 is 5.32 Å². The van der Waals surface area contributed by atoms with Crippen molar-refractivity contribution in [3.05, 3.63) is 27.4 Å². The molecule has 1 atom stereocenters. The molecule has 7 heteroatoms. The predicted molar refractivity (Wildman–Crippen MR) is 82.9 cm³/mol. The summed E-state index contributed by atoms with van der Waals surface area (Å²) in [6.07, 6.45) is -0.208. The van der Waals surface area contributed by atoms with Crippen LogP contribution in [0.4, 0.5) is 10.1 Å². The Kier molecular flexibility index (Phi) is 5.75. The van der Waals surface area contributed by atoms with Gasteiger partial charge in [0.15, 0.2) is 0 Å². The number of halogens is 3. The highest BCUT2D eigenvalue weighted by atomic mass is 79.9. The fraction of sp³-hybridized carbons (Fsp3) is 0.429. The molecule has 0 aliphatic carbocycles. The normalized spacial score (nSPS) is 13.9. The number of carbonyl (C=O) groups is 2. The van der Waals surface area contributed by atoms with Crippen LogP contribution in [0.15, 0.2) is 16.6 Å². The molecule has 0 saturated carbocycles. The average Bonchev–Trinajstić information content (AvgIpc) is 2.33. The van der Waals surface area contributed by atoms with Gasteiger partial charge in [0.25, 0.3) is 0 Å². The number of carboxylic acid groups (broad SMARTS) is 1. The molecule has 0 radical (unpaired) electrons. The van der Waals surface area contributed by atoms with Gasteiger partial charge in [0.05, 0.1) is 16.1 Å². The van der Waals surface area contributed by atoms with Gasteiger partial charge in [-0.1, -0.05) is 25.4 Å². The molecule has 21 heavy (non-hydrogen) atoms. The maximum atomic E-state index is 13.1. The van der Waals surface area contributed by atoms with Gasteiger partial charge < -0.3 is 10.4 Å². The molecule has 0 aliphatic rings. The van der Waals surface area contributed by atoms with Crippen LogP contribution in [-0.2, 0) is 9.59 Å². The van der Waals surface area contributed by atoms with Crippen LogP contribution in [0.1, 0.15) is 27.2 Å². The third kappa shape index (κ3) is 4.17. The summed E-state index contributed by atoms with van der Waals surface area (Å²) in [5.41, 5.74) is -0.970. The van der Waals surface area contributed by atoms with Crippen LogP contribution in [-0.4, -0.2) is 17.0 Å². The standard InChI is InChI=1S/C14H16BrClFNO3/c1-7(2)14(3,13(20)21)6-11(19)18-12-9(15)4-8(17)5-10(12)16/h4-5,7H,6H2,1-3H3,(H,18,19)(H,20,21). The van der Waals surface area contributed by atoms with Crippen molar-refractivity contribution in [2.75, 3.05) is 5.32 Å². The quantitative estimate of drug-likeness (QED) is 0.799. The Hall–Kier alpha value is -1.14. The van der Waals surface area contributed by atoms with E-state index < -0.39 is 23.1 Å². The molecule has 1 rings (SSSR count). The number of amides is 1. The molecule has 4 nitrogen and oxygen atoms in total. The van der Waals surface area contributed by atoms with Crippen LogP contribution >= 0.6 is 27.5 Å². The van der Waals surface area contributed by atoms with E-state index in [1.165, 1.54) is 13.0 Å². The Morgan fingerprint density at radius 1 is 1.48 bits per heavy atom. The number of carboxylic acids is 1. The summed E-state index contributed by atoms with van der Waals surface area (Å²) in [4.78, 5) is 23.4. The smallest absolute Gasteiger partial charge is 0.310 e. The lowest BCUT2D eigenvalue weighted by Gasteiger charge is -2.28. The summed E-state index contributed by atoms with van der Waals surface area (Å²) < 4.78 is 13.4. The molecule has 0 aromatic heterocycles. The molecular weight excluding hydrogens is 365 g/mol. The van der Waals surface area contributed by atoms with Crippen molar-refractivity contribution < 1.29 is 19.1 Å². The van der Waals surface area contributed by atoms with E-state index in [-0.39, 0.29) is 23.0 Å². The zero-order valence-corrected chi connectivity index (χ0v) is 14.2. The number of hydrogen-bond donors (Lipinski definition) is 2. The maximum Gasteiger partial charge on any atom is 0.310 e. The second-order valence-electron chi connectivity index (χ2n) is 5.35. The van der Waals surface area contributed by atoms with Crippen molar-refractivity contribution in [3.63, 3.8) is 0 Å². The topological polar surface area (TPSA) is 66.4 Å². The van der Waals surface area contributed by atoms with Crippen molar-refractivity contribution >= 4 is 45.1 Å². The number of aliphatic carboxylic acids is 1. The van der Waals surface area contributed by atoms with E-state index in [4.69, 9.17) is 11.6 Å². The second kappa shape index (κ2) is 6.75. The Morgan fingerprint density at radius 2 is 2.05 bits per heavy atom. The third-order valence-electron chi connectivity index (χ3n) is 3.56. The minimum absolute atomic E-state index is 0.0387. The highest BCUT2D eigenvalue weighted by Crippen LogP contribution is 2.35. The highest BCUT2D eigenvalue weighted by Gasteiger charge is 2.39. The number of anilines is 1. The Balaban J connectivity index is 2.95. The molecule has 1 aromatic carbocycles. The molecule has 0 heterocycles. The number of rotatable bonds is 5. The molecule has 0 aliphatic heterocycles. The summed E-state index contributed by atoms with van der Waals surface area (Å²) in [5.74, 6) is -2.31. The van der Waals surface area contributed by atoms with Gasteiger partial charge in [0, 0.05) is 10.9 Å². The van der Waals surface area contributed by atoms with E-state index in [2.05, 4.69) is 21.2 Å². The van der Waals surface area contributed by atoms with Crippen molar-refractivity contribution in [1.82, 2.24) is 0 Å². The molecule has 1 amide bonds. The number of hydrogen-bond acceptors (Lipinski definition) is 2. The first kappa shape index (κ1) is 17.9. The van der Waals surface area contributed by atoms with Crippen LogP contribution in [0, 0.1) is 17.2 Å². The molecule has 0 saturated heterocycles. The molecule has 2 N–H and O–H groups in total. The van der Waals surface area contributed by atoms with E-state index in [0.717, 1.165) is 6.07 Å². The lowest BCUT2D eigenvalue weighted by molar-refractivity contribution is -0.153. The van der Waals surface area contributed by atoms with Gasteiger partial charge >= 0.3 is 5.97 Å². The van der Waals surface area contributed by atoms with E-state index in [1.54, 1.807) is 13.8 Å². The SMILES string of the molecule is CC(C)C(C)(CC(=O)Nc1c(Cl)cc(F)cc1Br)C(=O)O. The van der Waals surface area contributed by atoms with Crippen LogP contribution in [0.2, 0.25) is 5.02 Å². The van der Waals surface area contributed by atoms with Crippen molar-refractivity contribution in [2.24, 2.45) is 11.3 Å². The lowest BCUT2D eigenvalue weighted by Crippen LogP contribution is -2.37. The van der Waals surface area contributed by atoms with Gasteiger partial charge in [0.2, 0.25) is 5.91 Å². The highest BCUT2D eigenvalue weighted by molar-refractivity contribution is 9.10. The van der Waals surface area contributed by atoms with Gasteiger partial charge in [-0.15, -0.1) is 0 Å². The predicted octanol–water partition coefficient (Wildman–Crippen LogP) is 4.32. The zero-order chi connectivity index (χ0) is 16.4. The molecule has 0 bridgehead atoms. The first-order chi connectivity index (χ1) is 9.57. The molecule has 0 fully saturated rings. The van der Waals surface area contributed by atoms with Gasteiger partial charge in [0.1, 0.15) is 5.82 Å². The average molecular weight is 381 g/mol. The van der Waals surface area contributed by atoms with Gasteiger partial charge in [-0.2, -0.15) is 0 Å². The fourth-order valence-electron chi connectivity index (χ4n) is 1.71. The minimum Gasteiger partial charge on any atom is -0.481 e. The van der Waals surface area contributed by atoms with E-state index in [9.17, 15) is 19.1 Å². The van der Waals surface area contributed by atoms with Gasteiger partial charge in [-0.3, -0.25) is 9.59 Å². The summed E-state index contributed by atoms with van der Waals surface area (Å²) in [6.45, 7) is 4.99. The molecule has 116 valence electrons. The number of benzene rings is 1. The lowest BCUT2D eigenvalue weighted by atomic mass is 9.76. The Bertz CT molecular complexity index is 556. The summed E-state index contributed by atoms with van der Waals surface area (Å²) in [5, 5.41) is 11.9. The summed E-state index contributed by atoms with van der Waals surface area (Å²) in [7, 11) is 0. The van der Waals surface area contributed by atoms with Crippen molar-refractivity contribution in [1.29, 1.82) is 0 Å². The van der Waals surface area contributed by atoms with Crippen molar-refractivity contribution in [3.8, 4) is 0 Å². The van der Waals surface area contributed by atoms with E-state index in [0.29, 0.717) is 4.47 Å². The van der Waals surface area contributed by atoms with Crippen molar-refractivity contribution in [2.45, 2.75) is 27.2 Å². The first-order valence-corrected chi connectivity index (χ1v) is 7.42. The molecule has 1 unspecified atom stereocenters. The monoisotopic (exact) mass is 379 g/mol. The largest absolute Gasteiger partial charge is 0.481 e. The minimum atomic E-state index is -1.19. The number of nitrogens with one attached hydrogen (secondary N) is 1. The maximum absolute atomic E-state index is 13.1. The van der Waals surface area contributed by atoms with E-state index in [1.807, 2.05) is 0 Å².